The summed E-state index contributed by atoms with van der Waals surface area (Å²) < 4.78 is 10.8. The number of thiophene rings is 1. The highest BCUT2D eigenvalue weighted by Gasteiger charge is 2.26. The fraction of sp³-hybridized carbons (Fsp3) is 0.280. The van der Waals surface area contributed by atoms with Gasteiger partial charge in [0.15, 0.2) is 11.5 Å². The number of carbonyl (C=O) groups is 2. The summed E-state index contributed by atoms with van der Waals surface area (Å²) in [6.45, 7) is 4.34. The van der Waals surface area contributed by atoms with Crippen molar-refractivity contribution in [2.45, 2.75) is 33.0 Å². The SMILES string of the molecule is CC(C)N(CC(=O)N(Cc1ccc2c(c1)OCO2)Cc1cccs1)C(=O)c1cccc([N+](=O)[O-])c1. The molecule has 0 N–H and O–H groups in total. The fourth-order valence-corrected chi connectivity index (χ4v) is 4.45. The second-order valence-electron chi connectivity index (χ2n) is 8.35. The van der Waals surface area contributed by atoms with Gasteiger partial charge >= 0.3 is 0 Å². The quantitative estimate of drug-likeness (QED) is 0.321. The molecule has 0 aliphatic carbocycles. The molecule has 0 saturated carbocycles. The van der Waals surface area contributed by atoms with Crippen molar-refractivity contribution in [2.75, 3.05) is 13.3 Å². The second kappa shape index (κ2) is 10.6. The van der Waals surface area contributed by atoms with Gasteiger partial charge in [0.2, 0.25) is 12.7 Å². The van der Waals surface area contributed by atoms with E-state index in [2.05, 4.69) is 0 Å². The van der Waals surface area contributed by atoms with Gasteiger partial charge in [-0.2, -0.15) is 0 Å². The van der Waals surface area contributed by atoms with Crippen molar-refractivity contribution >= 4 is 28.8 Å². The van der Waals surface area contributed by atoms with Gasteiger partial charge < -0.3 is 19.3 Å². The van der Waals surface area contributed by atoms with Gasteiger partial charge in [0, 0.05) is 35.2 Å². The van der Waals surface area contributed by atoms with Crippen LogP contribution in [0.15, 0.2) is 60.0 Å². The number of rotatable bonds is 9. The van der Waals surface area contributed by atoms with Crippen LogP contribution in [-0.4, -0.2) is 45.9 Å². The standard InChI is InChI=1S/C25H25N3O6S/c1-17(2)27(25(30)19-5-3-6-20(12-19)28(31)32)15-24(29)26(14-21-7-4-10-35-21)13-18-8-9-22-23(11-18)34-16-33-22/h3-12,17H,13-16H2,1-2H3. The minimum absolute atomic E-state index is 0.158. The van der Waals surface area contributed by atoms with Gasteiger partial charge in [0.05, 0.1) is 11.5 Å². The molecule has 4 rings (SSSR count). The molecule has 1 aliphatic rings. The van der Waals surface area contributed by atoms with E-state index in [0.717, 1.165) is 10.4 Å². The maximum atomic E-state index is 13.5. The Hall–Kier alpha value is -3.92. The van der Waals surface area contributed by atoms with Crippen LogP contribution in [0.1, 0.15) is 34.6 Å². The zero-order valence-electron chi connectivity index (χ0n) is 19.4. The first-order valence-corrected chi connectivity index (χ1v) is 11.9. The van der Waals surface area contributed by atoms with Crippen LogP contribution in [0.25, 0.3) is 0 Å². The van der Waals surface area contributed by atoms with Crippen molar-refractivity contribution in [2.24, 2.45) is 0 Å². The normalized spacial score (nSPS) is 12.0. The number of non-ortho nitro benzene ring substituents is 1. The third-order valence-electron chi connectivity index (χ3n) is 5.58. The van der Waals surface area contributed by atoms with Crippen LogP contribution in [0.4, 0.5) is 5.69 Å². The average Bonchev–Trinajstić information content (AvgIpc) is 3.53. The molecule has 0 saturated heterocycles. The van der Waals surface area contributed by atoms with Gasteiger partial charge in [-0.25, -0.2) is 0 Å². The van der Waals surface area contributed by atoms with Crippen LogP contribution in [0.2, 0.25) is 0 Å². The second-order valence-corrected chi connectivity index (χ2v) is 9.38. The number of amides is 2. The van der Waals surface area contributed by atoms with Gasteiger partial charge in [-0.1, -0.05) is 18.2 Å². The Labute approximate surface area is 206 Å². The highest BCUT2D eigenvalue weighted by molar-refractivity contribution is 7.09. The number of fused-ring (bicyclic) bond motifs is 1. The average molecular weight is 496 g/mol. The number of benzene rings is 2. The Balaban J connectivity index is 1.55. The molecule has 2 aromatic carbocycles. The number of nitro benzene ring substituents is 1. The highest BCUT2D eigenvalue weighted by atomic mass is 32.1. The molecular weight excluding hydrogens is 470 g/mol. The van der Waals surface area contributed by atoms with Crippen molar-refractivity contribution in [3.05, 3.63) is 86.1 Å². The third kappa shape index (κ3) is 5.78. The van der Waals surface area contributed by atoms with Crippen LogP contribution < -0.4 is 9.47 Å². The summed E-state index contributed by atoms with van der Waals surface area (Å²) in [6, 6.07) is 14.7. The van der Waals surface area contributed by atoms with Gasteiger partial charge in [-0.15, -0.1) is 11.3 Å². The number of carbonyl (C=O) groups excluding carboxylic acids is 2. The number of nitrogens with zero attached hydrogens (tertiary/aromatic N) is 3. The molecule has 1 aromatic heterocycles. The minimum Gasteiger partial charge on any atom is -0.454 e. The summed E-state index contributed by atoms with van der Waals surface area (Å²) in [5.41, 5.74) is 0.870. The largest absolute Gasteiger partial charge is 0.454 e. The van der Waals surface area contributed by atoms with Gasteiger partial charge in [-0.3, -0.25) is 19.7 Å². The van der Waals surface area contributed by atoms with Crippen molar-refractivity contribution in [1.82, 2.24) is 9.80 Å². The zero-order valence-corrected chi connectivity index (χ0v) is 20.2. The molecule has 0 atom stereocenters. The molecular formula is C25H25N3O6S. The van der Waals surface area contributed by atoms with E-state index in [1.165, 1.54) is 29.2 Å². The lowest BCUT2D eigenvalue weighted by molar-refractivity contribution is -0.384. The lowest BCUT2D eigenvalue weighted by atomic mass is 10.1. The number of ether oxygens (including phenoxy) is 2. The van der Waals surface area contributed by atoms with Gasteiger partial charge in [0.25, 0.3) is 11.6 Å². The van der Waals surface area contributed by atoms with E-state index in [0.29, 0.717) is 24.6 Å². The molecule has 2 heterocycles. The Morgan fingerprint density at radius 3 is 2.57 bits per heavy atom. The summed E-state index contributed by atoms with van der Waals surface area (Å²) in [4.78, 5) is 41.5. The topological polar surface area (TPSA) is 102 Å². The Morgan fingerprint density at radius 2 is 1.86 bits per heavy atom. The molecule has 9 nitrogen and oxygen atoms in total. The van der Waals surface area contributed by atoms with Gasteiger partial charge in [0.1, 0.15) is 6.54 Å². The molecule has 10 heteroatoms. The van der Waals surface area contributed by atoms with Crippen molar-refractivity contribution in [3.8, 4) is 11.5 Å². The lowest BCUT2D eigenvalue weighted by Crippen LogP contribution is -2.45. The van der Waals surface area contributed by atoms with Crippen LogP contribution >= 0.6 is 11.3 Å². The first-order chi connectivity index (χ1) is 16.8. The Morgan fingerprint density at radius 1 is 1.06 bits per heavy atom. The Kier molecular flexibility index (Phi) is 7.31. The summed E-state index contributed by atoms with van der Waals surface area (Å²) in [5, 5.41) is 13.1. The smallest absolute Gasteiger partial charge is 0.270 e. The van der Waals surface area contributed by atoms with E-state index in [1.54, 1.807) is 16.2 Å². The van der Waals surface area contributed by atoms with E-state index in [-0.39, 0.29) is 36.5 Å². The first kappa shape index (κ1) is 24.2. The summed E-state index contributed by atoms with van der Waals surface area (Å²) in [6.07, 6.45) is 0. The molecule has 0 radical (unpaired) electrons. The molecule has 2 amide bonds. The van der Waals surface area contributed by atoms with Crippen molar-refractivity contribution in [1.29, 1.82) is 0 Å². The fourth-order valence-electron chi connectivity index (χ4n) is 3.74. The van der Waals surface area contributed by atoms with Crippen LogP contribution in [-0.2, 0) is 17.9 Å². The van der Waals surface area contributed by atoms with E-state index in [9.17, 15) is 19.7 Å². The predicted molar refractivity (Wildman–Crippen MR) is 130 cm³/mol. The summed E-state index contributed by atoms with van der Waals surface area (Å²) in [7, 11) is 0. The molecule has 35 heavy (non-hydrogen) atoms. The maximum Gasteiger partial charge on any atom is 0.270 e. The van der Waals surface area contributed by atoms with E-state index in [4.69, 9.17) is 9.47 Å². The Bertz CT molecular complexity index is 1230. The number of hydrogen-bond donors (Lipinski definition) is 0. The van der Waals surface area contributed by atoms with Crippen molar-refractivity contribution < 1.29 is 24.0 Å². The maximum absolute atomic E-state index is 13.5. The molecule has 0 fully saturated rings. The first-order valence-electron chi connectivity index (χ1n) is 11.1. The molecule has 0 spiro atoms. The predicted octanol–water partition coefficient (Wildman–Crippen LogP) is 4.46. The zero-order chi connectivity index (χ0) is 24.9. The molecule has 1 aliphatic heterocycles. The lowest BCUT2D eigenvalue weighted by Gasteiger charge is -2.30. The molecule has 0 unspecified atom stereocenters. The number of hydrogen-bond acceptors (Lipinski definition) is 7. The van der Waals surface area contributed by atoms with E-state index in [1.807, 2.05) is 49.6 Å². The van der Waals surface area contributed by atoms with E-state index < -0.39 is 10.8 Å². The summed E-state index contributed by atoms with van der Waals surface area (Å²) in [5.74, 6) is 0.633. The highest BCUT2D eigenvalue weighted by Crippen LogP contribution is 2.33. The van der Waals surface area contributed by atoms with Crippen LogP contribution in [0, 0.1) is 10.1 Å². The number of nitro groups is 1. The molecule has 3 aromatic rings. The van der Waals surface area contributed by atoms with Gasteiger partial charge in [-0.05, 0) is 49.1 Å². The summed E-state index contributed by atoms with van der Waals surface area (Å²) >= 11 is 1.55. The van der Waals surface area contributed by atoms with Crippen molar-refractivity contribution in [3.63, 3.8) is 0 Å². The minimum atomic E-state index is -0.546. The van der Waals surface area contributed by atoms with Crippen LogP contribution in [0.3, 0.4) is 0 Å². The molecule has 0 bridgehead atoms. The molecule has 182 valence electrons. The van der Waals surface area contributed by atoms with E-state index >= 15 is 0 Å². The third-order valence-corrected chi connectivity index (χ3v) is 6.44. The van der Waals surface area contributed by atoms with Crippen LogP contribution in [0.5, 0.6) is 11.5 Å². The monoisotopic (exact) mass is 495 g/mol.